The van der Waals surface area contributed by atoms with Crippen LogP contribution in [0.4, 0.5) is 0 Å². The minimum atomic E-state index is -0.792. The lowest BCUT2D eigenvalue weighted by Crippen LogP contribution is -1.99. The summed E-state index contributed by atoms with van der Waals surface area (Å²) in [7, 11) is 0. The van der Waals surface area contributed by atoms with E-state index < -0.39 is 17.9 Å². The van der Waals surface area contributed by atoms with Crippen molar-refractivity contribution in [1.29, 1.82) is 0 Å². The Morgan fingerprint density at radius 3 is 0.762 bits per heavy atom. The standard InChI is InChI=1S/3C4H6O3/c3*1-3(2)4(5)7-6/h3*6H,1H2,2H3. The molecule has 9 heteroatoms. The Hall–Kier alpha value is -2.49. The highest BCUT2D eigenvalue weighted by Crippen LogP contribution is 1.87. The zero-order chi connectivity index (χ0) is 17.6. The summed E-state index contributed by atoms with van der Waals surface area (Å²) < 4.78 is 0. The maximum atomic E-state index is 9.94. The zero-order valence-electron chi connectivity index (χ0n) is 11.9. The molecule has 0 aromatic rings. The Morgan fingerprint density at radius 1 is 0.619 bits per heavy atom. The first kappa shape index (κ1) is 23.6. The van der Waals surface area contributed by atoms with Crippen molar-refractivity contribution in [3.63, 3.8) is 0 Å². The first-order valence-electron chi connectivity index (χ1n) is 5.08. The maximum absolute atomic E-state index is 9.94. The molecule has 0 unspecified atom stereocenters. The Bertz CT molecular complexity index is 347. The van der Waals surface area contributed by atoms with Crippen LogP contribution in [0, 0.1) is 0 Å². The van der Waals surface area contributed by atoms with Crippen LogP contribution in [0.2, 0.25) is 0 Å². The molecule has 0 aliphatic heterocycles. The monoisotopic (exact) mass is 306 g/mol. The molecule has 0 saturated carbocycles. The first-order valence-corrected chi connectivity index (χ1v) is 5.08. The summed E-state index contributed by atoms with van der Waals surface area (Å²) in [6, 6.07) is 0. The molecule has 0 rings (SSSR count). The molecule has 0 aliphatic rings. The van der Waals surface area contributed by atoms with Crippen molar-refractivity contribution >= 4 is 17.9 Å². The van der Waals surface area contributed by atoms with E-state index in [9.17, 15) is 14.4 Å². The Morgan fingerprint density at radius 2 is 0.762 bits per heavy atom. The predicted octanol–water partition coefficient (Wildman–Crippen LogP) is 1.74. The van der Waals surface area contributed by atoms with Gasteiger partial charge in [-0.1, -0.05) is 19.7 Å². The lowest BCUT2D eigenvalue weighted by atomic mass is 10.4. The van der Waals surface area contributed by atoms with Crippen molar-refractivity contribution in [2.24, 2.45) is 0 Å². The second kappa shape index (κ2) is 13.9. The number of hydrogen-bond donors (Lipinski definition) is 3. The summed E-state index contributed by atoms with van der Waals surface area (Å²) >= 11 is 0. The fraction of sp³-hybridized carbons (Fsp3) is 0.250. The van der Waals surface area contributed by atoms with E-state index in [1.165, 1.54) is 20.8 Å². The number of carbonyl (C=O) groups is 3. The van der Waals surface area contributed by atoms with Crippen molar-refractivity contribution in [2.45, 2.75) is 20.8 Å². The van der Waals surface area contributed by atoms with Gasteiger partial charge in [-0.2, -0.15) is 15.8 Å². The van der Waals surface area contributed by atoms with Crippen molar-refractivity contribution in [3.8, 4) is 0 Å². The zero-order valence-corrected chi connectivity index (χ0v) is 11.9. The van der Waals surface area contributed by atoms with Gasteiger partial charge in [0.2, 0.25) is 0 Å². The van der Waals surface area contributed by atoms with Crippen LogP contribution >= 0.6 is 0 Å². The molecule has 120 valence electrons. The molecule has 0 spiro atoms. The Kier molecular flexibility index (Phi) is 15.6. The SMILES string of the molecule is C=C(C)C(=O)OO.C=C(C)C(=O)OO.C=C(C)C(=O)OO. The first-order chi connectivity index (χ1) is 9.54. The van der Waals surface area contributed by atoms with Crippen LogP contribution in [0.15, 0.2) is 36.5 Å². The Labute approximate surface area is 121 Å². The van der Waals surface area contributed by atoms with Gasteiger partial charge in [0.25, 0.3) is 0 Å². The average Bonchev–Trinajstić information content (AvgIpc) is 2.45. The molecule has 0 atom stereocenters. The van der Waals surface area contributed by atoms with E-state index in [-0.39, 0.29) is 16.7 Å². The molecule has 0 amide bonds. The molecule has 9 nitrogen and oxygen atoms in total. The quantitative estimate of drug-likeness (QED) is 0.307. The third kappa shape index (κ3) is 17.5. The van der Waals surface area contributed by atoms with Crippen LogP contribution < -0.4 is 0 Å². The van der Waals surface area contributed by atoms with E-state index in [4.69, 9.17) is 15.8 Å². The number of rotatable bonds is 3. The van der Waals surface area contributed by atoms with Gasteiger partial charge in [-0.15, -0.1) is 0 Å². The molecular weight excluding hydrogens is 288 g/mol. The van der Waals surface area contributed by atoms with Gasteiger partial charge >= 0.3 is 17.9 Å². The van der Waals surface area contributed by atoms with Gasteiger partial charge in [0.15, 0.2) is 0 Å². The van der Waals surface area contributed by atoms with Crippen LogP contribution in [0.5, 0.6) is 0 Å². The van der Waals surface area contributed by atoms with E-state index in [0.29, 0.717) is 0 Å². The van der Waals surface area contributed by atoms with Crippen molar-refractivity contribution < 1.29 is 44.8 Å². The summed E-state index contributed by atoms with van der Waals surface area (Å²) in [5.74, 6) is -2.37. The van der Waals surface area contributed by atoms with Gasteiger partial charge in [-0.05, 0) is 20.8 Å². The summed E-state index contributed by atoms with van der Waals surface area (Å²) in [5, 5.41) is 22.8. The molecule has 0 heterocycles. The summed E-state index contributed by atoms with van der Waals surface area (Å²) in [6.45, 7) is 13.9. The van der Waals surface area contributed by atoms with E-state index in [2.05, 4.69) is 34.4 Å². The van der Waals surface area contributed by atoms with Crippen LogP contribution in [0.3, 0.4) is 0 Å². The minimum Gasteiger partial charge on any atom is -0.296 e. The molecule has 3 N–H and O–H groups in total. The fourth-order valence-electron chi connectivity index (χ4n) is 0.234. The number of hydrogen-bond acceptors (Lipinski definition) is 9. The van der Waals surface area contributed by atoms with Gasteiger partial charge in [-0.25, -0.2) is 14.4 Å². The van der Waals surface area contributed by atoms with E-state index >= 15 is 0 Å². The summed E-state index contributed by atoms with van der Waals surface area (Å²) in [4.78, 5) is 39.6. The van der Waals surface area contributed by atoms with Gasteiger partial charge in [0.1, 0.15) is 0 Å². The predicted molar refractivity (Wildman–Crippen MR) is 70.6 cm³/mol. The van der Waals surface area contributed by atoms with Gasteiger partial charge in [0, 0.05) is 16.7 Å². The van der Waals surface area contributed by atoms with Crippen molar-refractivity contribution in [3.05, 3.63) is 36.5 Å². The molecule has 0 aliphatic carbocycles. The molecule has 0 fully saturated rings. The smallest absolute Gasteiger partial charge is 0.296 e. The highest BCUT2D eigenvalue weighted by atomic mass is 17.1. The van der Waals surface area contributed by atoms with Crippen LogP contribution in [-0.4, -0.2) is 33.7 Å². The molecule has 0 aromatic heterocycles. The molecule has 0 aromatic carbocycles. The largest absolute Gasteiger partial charge is 0.367 e. The van der Waals surface area contributed by atoms with Crippen LogP contribution in [0.25, 0.3) is 0 Å². The van der Waals surface area contributed by atoms with Crippen LogP contribution in [0.1, 0.15) is 20.8 Å². The normalized spacial score (nSPS) is 7.71. The molecule has 0 radical (unpaired) electrons. The summed E-state index contributed by atoms with van der Waals surface area (Å²) in [5.41, 5.74) is 0.549. The molecular formula is C12H18O9. The second-order valence-electron chi connectivity index (χ2n) is 3.48. The lowest BCUT2D eigenvalue weighted by Gasteiger charge is -1.88. The van der Waals surface area contributed by atoms with Gasteiger partial charge in [0.05, 0.1) is 0 Å². The van der Waals surface area contributed by atoms with Crippen molar-refractivity contribution in [1.82, 2.24) is 0 Å². The topological polar surface area (TPSA) is 140 Å². The van der Waals surface area contributed by atoms with Crippen LogP contribution in [-0.2, 0) is 29.0 Å². The fourth-order valence-corrected chi connectivity index (χ4v) is 0.234. The second-order valence-corrected chi connectivity index (χ2v) is 3.48. The average molecular weight is 306 g/mol. The van der Waals surface area contributed by atoms with Crippen molar-refractivity contribution in [2.75, 3.05) is 0 Å². The maximum Gasteiger partial charge on any atom is 0.367 e. The molecule has 0 saturated heterocycles. The Balaban J connectivity index is -0.000000231. The lowest BCUT2D eigenvalue weighted by molar-refractivity contribution is -0.229. The van der Waals surface area contributed by atoms with Gasteiger partial charge < -0.3 is 0 Å². The van der Waals surface area contributed by atoms with E-state index in [0.717, 1.165) is 0 Å². The van der Waals surface area contributed by atoms with E-state index in [1.54, 1.807) is 0 Å². The third-order valence-electron chi connectivity index (χ3n) is 1.29. The molecule has 0 bridgehead atoms. The number of carbonyl (C=O) groups excluding carboxylic acids is 3. The summed E-state index contributed by atoms with van der Waals surface area (Å²) in [6.07, 6.45) is 0. The highest BCUT2D eigenvalue weighted by Gasteiger charge is 1.99. The highest BCUT2D eigenvalue weighted by molar-refractivity contribution is 5.87. The van der Waals surface area contributed by atoms with E-state index in [1.807, 2.05) is 0 Å². The third-order valence-corrected chi connectivity index (χ3v) is 1.29. The molecule has 21 heavy (non-hydrogen) atoms. The minimum absolute atomic E-state index is 0.183. The van der Waals surface area contributed by atoms with Gasteiger partial charge in [-0.3, -0.25) is 14.7 Å².